The molecule has 0 saturated carbocycles. The van der Waals surface area contributed by atoms with E-state index in [0.717, 1.165) is 0 Å². The maximum Gasteiger partial charge on any atom is 0.213 e. The molecule has 2 rings (SSSR count). The van der Waals surface area contributed by atoms with Crippen LogP contribution < -0.4 is 10.5 Å². The van der Waals surface area contributed by atoms with Crippen LogP contribution in [0.3, 0.4) is 0 Å². The fourth-order valence-electron chi connectivity index (χ4n) is 1.69. The molecule has 2 N–H and O–H groups in total. The predicted molar refractivity (Wildman–Crippen MR) is 80.2 cm³/mol. The van der Waals surface area contributed by atoms with E-state index in [-0.39, 0.29) is 10.6 Å². The van der Waals surface area contributed by atoms with Crippen molar-refractivity contribution in [1.29, 1.82) is 0 Å². The molecule has 0 spiro atoms. The summed E-state index contributed by atoms with van der Waals surface area (Å²) in [4.78, 5) is 4.30. The summed E-state index contributed by atoms with van der Waals surface area (Å²) in [6.07, 6.45) is 0. The molecular formula is C13H13BrN2O3S. The molecule has 0 fully saturated rings. The number of benzene rings is 1. The lowest BCUT2D eigenvalue weighted by Crippen LogP contribution is -2.07. The summed E-state index contributed by atoms with van der Waals surface area (Å²) in [5, 5.41) is 0. The molecule has 0 unspecified atom stereocenters. The fourth-order valence-corrected chi connectivity index (χ4v) is 4.17. The fraction of sp³-hybridized carbons (Fsp3) is 0.154. The number of nitrogens with zero attached hydrogens (tertiary/aromatic N) is 1. The van der Waals surface area contributed by atoms with E-state index in [4.69, 9.17) is 10.5 Å². The average Bonchev–Trinajstić information content (AvgIpc) is 2.37. The number of methoxy groups -OCH3 is 1. The van der Waals surface area contributed by atoms with Crippen LogP contribution in [-0.2, 0) is 15.6 Å². The van der Waals surface area contributed by atoms with Crippen molar-refractivity contribution in [3.05, 3.63) is 46.6 Å². The maximum atomic E-state index is 12.4. The van der Waals surface area contributed by atoms with Crippen molar-refractivity contribution >= 4 is 31.5 Å². The van der Waals surface area contributed by atoms with Gasteiger partial charge in [-0.2, -0.15) is 0 Å². The first-order valence-electron chi connectivity index (χ1n) is 5.70. The monoisotopic (exact) mass is 356 g/mol. The Bertz CT molecular complexity index is 732. The Morgan fingerprint density at radius 2 is 2.05 bits per heavy atom. The second kappa shape index (κ2) is 5.80. The van der Waals surface area contributed by atoms with Crippen LogP contribution in [0.5, 0.6) is 5.88 Å². The van der Waals surface area contributed by atoms with E-state index in [9.17, 15) is 8.42 Å². The van der Waals surface area contributed by atoms with E-state index in [0.29, 0.717) is 21.7 Å². The minimum absolute atomic E-state index is 0.191. The maximum absolute atomic E-state index is 12.4. The number of hydrogen-bond donors (Lipinski definition) is 1. The van der Waals surface area contributed by atoms with E-state index in [1.807, 2.05) is 0 Å². The van der Waals surface area contributed by atoms with Gasteiger partial charge in [0.2, 0.25) is 5.88 Å². The standard InChI is InChI=1S/C13H13BrN2O3S/c1-19-13-4-2-3-10(16-13)8-20(17,18)12-6-5-9(15)7-11(12)14/h2-7H,8,15H2,1H3. The van der Waals surface area contributed by atoms with Gasteiger partial charge in [0.1, 0.15) is 0 Å². The number of ether oxygens (including phenoxy) is 1. The van der Waals surface area contributed by atoms with Crippen LogP contribution in [0.4, 0.5) is 5.69 Å². The van der Waals surface area contributed by atoms with Crippen molar-refractivity contribution in [2.75, 3.05) is 12.8 Å². The molecule has 0 saturated heterocycles. The summed E-state index contributed by atoms with van der Waals surface area (Å²) in [5.74, 6) is 0.182. The highest BCUT2D eigenvalue weighted by atomic mass is 79.9. The van der Waals surface area contributed by atoms with E-state index in [2.05, 4.69) is 20.9 Å². The van der Waals surface area contributed by atoms with Crippen molar-refractivity contribution in [3.63, 3.8) is 0 Å². The van der Waals surface area contributed by atoms with Crippen LogP contribution >= 0.6 is 15.9 Å². The first-order valence-corrected chi connectivity index (χ1v) is 8.14. The number of nitrogens with two attached hydrogens (primary N) is 1. The molecule has 20 heavy (non-hydrogen) atoms. The van der Waals surface area contributed by atoms with Crippen molar-refractivity contribution in [2.24, 2.45) is 0 Å². The Morgan fingerprint density at radius 1 is 1.30 bits per heavy atom. The van der Waals surface area contributed by atoms with Gasteiger partial charge < -0.3 is 10.5 Å². The highest BCUT2D eigenvalue weighted by molar-refractivity contribution is 9.10. The van der Waals surface area contributed by atoms with Crippen LogP contribution in [0, 0.1) is 0 Å². The normalized spacial score (nSPS) is 11.3. The molecular weight excluding hydrogens is 344 g/mol. The molecule has 106 valence electrons. The number of rotatable bonds is 4. The number of sulfone groups is 1. The Labute approximate surface area is 125 Å². The number of pyridine rings is 1. The SMILES string of the molecule is COc1cccc(CS(=O)(=O)c2ccc(N)cc2Br)n1. The summed E-state index contributed by atoms with van der Waals surface area (Å²) in [6.45, 7) is 0. The van der Waals surface area contributed by atoms with E-state index >= 15 is 0 Å². The van der Waals surface area contributed by atoms with Crippen molar-refractivity contribution in [2.45, 2.75) is 10.6 Å². The van der Waals surface area contributed by atoms with Crippen molar-refractivity contribution < 1.29 is 13.2 Å². The number of halogens is 1. The minimum Gasteiger partial charge on any atom is -0.481 e. The third kappa shape index (κ3) is 3.29. The lowest BCUT2D eigenvalue weighted by molar-refractivity contribution is 0.396. The van der Waals surface area contributed by atoms with Gasteiger partial charge in [-0.25, -0.2) is 13.4 Å². The number of anilines is 1. The minimum atomic E-state index is -3.51. The van der Waals surface area contributed by atoms with Crippen LogP contribution in [0.15, 0.2) is 45.8 Å². The van der Waals surface area contributed by atoms with Gasteiger partial charge in [-0.05, 0) is 40.2 Å². The third-order valence-corrected chi connectivity index (χ3v) is 5.24. The lowest BCUT2D eigenvalue weighted by atomic mass is 10.3. The molecule has 7 heteroatoms. The van der Waals surface area contributed by atoms with Crippen molar-refractivity contribution in [3.8, 4) is 5.88 Å². The topological polar surface area (TPSA) is 82.3 Å². The molecule has 2 aromatic rings. The summed E-state index contributed by atoms with van der Waals surface area (Å²) in [7, 11) is -2.02. The van der Waals surface area contributed by atoms with Gasteiger partial charge in [0, 0.05) is 16.2 Å². The van der Waals surface area contributed by atoms with Gasteiger partial charge in [-0.15, -0.1) is 0 Å². The van der Waals surface area contributed by atoms with Gasteiger partial charge in [0.15, 0.2) is 9.84 Å². The quantitative estimate of drug-likeness (QED) is 0.850. The highest BCUT2D eigenvalue weighted by Crippen LogP contribution is 2.27. The van der Waals surface area contributed by atoms with Crippen LogP contribution in [0.2, 0.25) is 0 Å². The Kier molecular flexibility index (Phi) is 4.29. The summed E-state index contributed by atoms with van der Waals surface area (Å²) >= 11 is 3.22. The van der Waals surface area contributed by atoms with E-state index in [1.165, 1.54) is 13.2 Å². The molecule has 0 bridgehead atoms. The molecule has 0 radical (unpaired) electrons. The predicted octanol–water partition coefficient (Wildman–Crippen LogP) is 2.41. The van der Waals surface area contributed by atoms with Gasteiger partial charge in [-0.1, -0.05) is 6.07 Å². The molecule has 0 aliphatic carbocycles. The van der Waals surface area contributed by atoms with E-state index in [1.54, 1.807) is 30.3 Å². The van der Waals surface area contributed by atoms with Crippen LogP contribution in [0.25, 0.3) is 0 Å². The van der Waals surface area contributed by atoms with Gasteiger partial charge in [-0.3, -0.25) is 0 Å². The number of hydrogen-bond acceptors (Lipinski definition) is 5. The molecule has 0 atom stereocenters. The van der Waals surface area contributed by atoms with Crippen LogP contribution in [0.1, 0.15) is 5.69 Å². The molecule has 0 aliphatic heterocycles. The summed E-state index contributed by atoms with van der Waals surface area (Å²) < 4.78 is 30.2. The Balaban J connectivity index is 2.35. The first-order chi connectivity index (χ1) is 9.42. The van der Waals surface area contributed by atoms with Gasteiger partial charge in [0.05, 0.1) is 23.5 Å². The first kappa shape index (κ1) is 14.8. The lowest BCUT2D eigenvalue weighted by Gasteiger charge is -2.08. The largest absolute Gasteiger partial charge is 0.481 e. The zero-order chi connectivity index (χ0) is 14.8. The van der Waals surface area contributed by atoms with E-state index < -0.39 is 9.84 Å². The molecule has 0 amide bonds. The second-order valence-corrected chi connectivity index (χ2v) is 6.93. The highest BCUT2D eigenvalue weighted by Gasteiger charge is 2.19. The van der Waals surface area contributed by atoms with Crippen molar-refractivity contribution in [1.82, 2.24) is 4.98 Å². The average molecular weight is 357 g/mol. The summed E-state index contributed by atoms with van der Waals surface area (Å²) in [5.41, 5.74) is 6.53. The molecule has 1 aromatic carbocycles. The Hall–Kier alpha value is -1.60. The zero-order valence-electron chi connectivity index (χ0n) is 10.7. The van der Waals surface area contributed by atoms with Crippen LogP contribution in [-0.4, -0.2) is 20.5 Å². The smallest absolute Gasteiger partial charge is 0.213 e. The second-order valence-electron chi connectivity index (χ2n) is 4.12. The summed E-state index contributed by atoms with van der Waals surface area (Å²) in [6, 6.07) is 9.60. The van der Waals surface area contributed by atoms with Gasteiger partial charge in [0.25, 0.3) is 0 Å². The molecule has 1 heterocycles. The molecule has 0 aliphatic rings. The number of nitrogen functional groups attached to an aromatic ring is 1. The number of aromatic nitrogens is 1. The zero-order valence-corrected chi connectivity index (χ0v) is 13.1. The molecule has 5 nitrogen and oxygen atoms in total. The molecule has 1 aromatic heterocycles. The van der Waals surface area contributed by atoms with Gasteiger partial charge >= 0.3 is 0 Å². The Morgan fingerprint density at radius 3 is 2.70 bits per heavy atom. The third-order valence-electron chi connectivity index (χ3n) is 2.62.